The van der Waals surface area contributed by atoms with Crippen molar-refractivity contribution in [3.8, 4) is 0 Å². The second-order valence-electron chi connectivity index (χ2n) is 9.77. The number of unbranched alkanes of at least 4 members (excludes halogenated alkanes) is 9. The maximum atomic E-state index is 12.9. The summed E-state index contributed by atoms with van der Waals surface area (Å²) in [6.45, 7) is 9.88. The fourth-order valence-corrected chi connectivity index (χ4v) is 3.66. The quantitative estimate of drug-likeness (QED) is 0.116. The van der Waals surface area contributed by atoms with E-state index in [1.807, 2.05) is 0 Å². The van der Waals surface area contributed by atoms with Crippen LogP contribution in [0.3, 0.4) is 0 Å². The highest BCUT2D eigenvalue weighted by molar-refractivity contribution is 6.20. The maximum absolute atomic E-state index is 12.9. The molecule has 0 aromatic heterocycles. The molecule has 0 saturated heterocycles. The van der Waals surface area contributed by atoms with E-state index < -0.39 is 29.2 Å². The molecule has 0 radical (unpaired) electrons. The van der Waals surface area contributed by atoms with Crippen molar-refractivity contribution in [1.29, 1.82) is 0 Å². The molecule has 0 spiro atoms. The second-order valence-corrected chi connectivity index (χ2v) is 9.77. The lowest BCUT2D eigenvalue weighted by Gasteiger charge is -2.22. The first-order valence-corrected chi connectivity index (χ1v) is 13.0. The molecule has 6 nitrogen and oxygen atoms in total. The van der Waals surface area contributed by atoms with E-state index >= 15 is 0 Å². The fourth-order valence-electron chi connectivity index (χ4n) is 3.66. The number of anilines is 1. The Morgan fingerprint density at radius 3 is 1.82 bits per heavy atom. The van der Waals surface area contributed by atoms with Gasteiger partial charge in [0.25, 0.3) is 0 Å². The third-order valence-electron chi connectivity index (χ3n) is 5.46. The van der Waals surface area contributed by atoms with Crippen molar-refractivity contribution >= 4 is 23.4 Å². The van der Waals surface area contributed by atoms with Crippen molar-refractivity contribution in [1.82, 2.24) is 0 Å². The van der Waals surface area contributed by atoms with Crippen molar-refractivity contribution in [2.24, 2.45) is 5.92 Å². The zero-order chi connectivity index (χ0) is 25.4. The van der Waals surface area contributed by atoms with E-state index in [0.717, 1.165) is 18.7 Å². The van der Waals surface area contributed by atoms with Gasteiger partial charge in [0.1, 0.15) is 5.60 Å². The number of ether oxygens (including phenoxy) is 2. The minimum Gasteiger partial charge on any atom is -0.465 e. The summed E-state index contributed by atoms with van der Waals surface area (Å²) in [4.78, 5) is 37.8. The van der Waals surface area contributed by atoms with Crippen molar-refractivity contribution in [3.63, 3.8) is 0 Å². The van der Waals surface area contributed by atoms with Crippen LogP contribution in [0.2, 0.25) is 0 Å². The molecular weight excluding hydrogens is 430 g/mol. The molecule has 0 aliphatic carbocycles. The molecular formula is C28H45NO5. The van der Waals surface area contributed by atoms with Crippen LogP contribution in [0.25, 0.3) is 0 Å². The molecule has 0 saturated carbocycles. The van der Waals surface area contributed by atoms with Crippen LogP contribution in [0.15, 0.2) is 24.3 Å². The zero-order valence-corrected chi connectivity index (χ0v) is 21.9. The summed E-state index contributed by atoms with van der Waals surface area (Å²) in [5.74, 6) is -4.01. The highest BCUT2D eigenvalue weighted by Crippen LogP contribution is 2.19. The number of hydrogen-bond acceptors (Lipinski definition) is 6. The maximum Gasteiger partial charge on any atom is 0.328 e. The summed E-state index contributed by atoms with van der Waals surface area (Å²) in [6, 6.07) is 6.83. The van der Waals surface area contributed by atoms with Gasteiger partial charge in [-0.2, -0.15) is 0 Å². The predicted molar refractivity (Wildman–Crippen MR) is 137 cm³/mol. The molecule has 1 rings (SSSR count). The average molecular weight is 476 g/mol. The first-order chi connectivity index (χ1) is 16.2. The highest BCUT2D eigenvalue weighted by Gasteiger charge is 2.39. The molecule has 1 aromatic rings. The minimum atomic E-state index is -1.62. The number of rotatable bonds is 17. The van der Waals surface area contributed by atoms with Crippen LogP contribution in [0.1, 0.15) is 109 Å². The summed E-state index contributed by atoms with van der Waals surface area (Å²) in [7, 11) is 0. The van der Waals surface area contributed by atoms with Gasteiger partial charge in [-0.3, -0.25) is 14.4 Å². The second kappa shape index (κ2) is 16.3. The van der Waals surface area contributed by atoms with Crippen molar-refractivity contribution in [2.45, 2.75) is 104 Å². The lowest BCUT2D eigenvalue weighted by molar-refractivity contribution is -0.166. The van der Waals surface area contributed by atoms with Gasteiger partial charge in [0, 0.05) is 17.8 Å². The molecule has 192 valence electrons. The first-order valence-electron chi connectivity index (χ1n) is 13.0. The minimum absolute atomic E-state index is 0.0766. The molecule has 34 heavy (non-hydrogen) atoms. The van der Waals surface area contributed by atoms with E-state index in [9.17, 15) is 14.4 Å². The van der Waals surface area contributed by atoms with Gasteiger partial charge in [-0.25, -0.2) is 0 Å². The van der Waals surface area contributed by atoms with E-state index in [4.69, 9.17) is 9.47 Å². The summed E-state index contributed by atoms with van der Waals surface area (Å²) < 4.78 is 10.2. The topological polar surface area (TPSA) is 81.7 Å². The number of carbonyl (C=O) groups excluding carboxylic acids is 3. The molecule has 0 fully saturated rings. The number of benzene rings is 1. The lowest BCUT2D eigenvalue weighted by atomic mass is 9.97. The normalized spacial score (nSPS) is 12.1. The molecule has 6 heteroatoms. The van der Waals surface area contributed by atoms with Crippen molar-refractivity contribution < 1.29 is 23.9 Å². The first kappa shape index (κ1) is 29.7. The van der Waals surface area contributed by atoms with Gasteiger partial charge >= 0.3 is 11.9 Å². The van der Waals surface area contributed by atoms with Crippen LogP contribution in [-0.2, 0) is 19.1 Å². The number of hydrogen-bond donors (Lipinski definition) is 1. The summed E-state index contributed by atoms with van der Waals surface area (Å²) in [6.07, 6.45) is 13.0. The standard InChI is InChI=1S/C28H45NO5/c1-6-8-9-10-11-12-13-14-15-16-21-29-23-19-17-22(18-20-23)25(30)24(26(31)33-7-2)27(32)34-28(3,4)5/h17-20,24,29H,6-16,21H2,1-5H3. The monoisotopic (exact) mass is 475 g/mol. The Balaban J connectivity index is 2.48. The summed E-state index contributed by atoms with van der Waals surface area (Å²) in [5.41, 5.74) is 0.357. The third kappa shape index (κ3) is 12.2. The smallest absolute Gasteiger partial charge is 0.328 e. The molecule has 1 aromatic carbocycles. The van der Waals surface area contributed by atoms with E-state index in [1.165, 1.54) is 57.8 Å². The number of ketones is 1. The Kier molecular flexibility index (Phi) is 14.2. The SMILES string of the molecule is CCCCCCCCCCCCNc1ccc(C(=O)C(C(=O)OCC)C(=O)OC(C)(C)C)cc1. The Bertz CT molecular complexity index is 736. The van der Waals surface area contributed by atoms with E-state index in [0.29, 0.717) is 0 Å². The zero-order valence-electron chi connectivity index (χ0n) is 21.9. The lowest BCUT2D eigenvalue weighted by Crippen LogP contribution is -2.38. The van der Waals surface area contributed by atoms with Crippen molar-refractivity contribution in [2.75, 3.05) is 18.5 Å². The largest absolute Gasteiger partial charge is 0.465 e. The molecule has 0 heterocycles. The Morgan fingerprint density at radius 1 is 0.794 bits per heavy atom. The number of Topliss-reactive ketones (excluding diaryl/α,β-unsaturated/α-hetero) is 1. The predicted octanol–water partition coefficient (Wildman–Crippen LogP) is 6.72. The van der Waals surface area contributed by atoms with Gasteiger partial charge in [-0.05, 0) is 58.4 Å². The molecule has 1 N–H and O–H groups in total. The van der Waals surface area contributed by atoms with Gasteiger partial charge in [-0.15, -0.1) is 0 Å². The van der Waals surface area contributed by atoms with E-state index in [1.54, 1.807) is 52.0 Å². The Hall–Kier alpha value is -2.37. The Morgan fingerprint density at radius 2 is 1.32 bits per heavy atom. The van der Waals surface area contributed by atoms with Gasteiger partial charge in [0.2, 0.25) is 5.92 Å². The summed E-state index contributed by atoms with van der Waals surface area (Å²) in [5, 5.41) is 3.37. The number of carbonyl (C=O) groups is 3. The number of esters is 2. The molecule has 0 aliphatic heterocycles. The Labute approximate surface area is 206 Å². The summed E-state index contributed by atoms with van der Waals surface area (Å²) >= 11 is 0. The van der Waals surface area contributed by atoms with Gasteiger partial charge in [-0.1, -0.05) is 64.7 Å². The van der Waals surface area contributed by atoms with Crippen LogP contribution < -0.4 is 5.32 Å². The van der Waals surface area contributed by atoms with E-state index in [-0.39, 0.29) is 12.2 Å². The molecule has 0 amide bonds. The fraction of sp³-hybridized carbons (Fsp3) is 0.679. The molecule has 1 unspecified atom stereocenters. The highest BCUT2D eigenvalue weighted by atomic mass is 16.6. The molecule has 1 atom stereocenters. The van der Waals surface area contributed by atoms with Crippen LogP contribution >= 0.6 is 0 Å². The van der Waals surface area contributed by atoms with Crippen LogP contribution in [0.5, 0.6) is 0 Å². The average Bonchev–Trinajstić information content (AvgIpc) is 2.77. The van der Waals surface area contributed by atoms with Crippen LogP contribution in [-0.4, -0.2) is 36.5 Å². The van der Waals surface area contributed by atoms with Gasteiger partial charge in [0.15, 0.2) is 5.78 Å². The van der Waals surface area contributed by atoms with Gasteiger partial charge in [0.05, 0.1) is 6.61 Å². The van der Waals surface area contributed by atoms with Crippen molar-refractivity contribution in [3.05, 3.63) is 29.8 Å². The third-order valence-corrected chi connectivity index (χ3v) is 5.46. The van der Waals surface area contributed by atoms with Crippen LogP contribution in [0, 0.1) is 5.92 Å². The number of nitrogens with one attached hydrogen (secondary N) is 1. The molecule has 0 bridgehead atoms. The van der Waals surface area contributed by atoms with E-state index in [2.05, 4.69) is 12.2 Å². The molecule has 0 aliphatic rings. The van der Waals surface area contributed by atoms with Gasteiger partial charge < -0.3 is 14.8 Å². The van der Waals surface area contributed by atoms with Crippen LogP contribution in [0.4, 0.5) is 5.69 Å².